The number of nitriles is 2. The SMILES string of the molecule is CC(=O)N1CCC(N)(c2ccc(NC(=O)c3ncc(C#N)[nH]3)c(C3=CCC(C)(C)CC3)c2)CC1.CC(=O)O.N#Cc1cnc(C(=O)O)[nH]1. The van der Waals surface area contributed by atoms with Crippen LogP contribution in [0.2, 0.25) is 0 Å². The standard InChI is InChI=1S/C26H32N6O2.C5H3N3O2.C2H4O2/c1-17(33)32-12-10-26(28,11-13-32)19-4-5-22(31-24(34)23-29-16-20(15-27)30-23)21(14-19)18-6-8-25(2,3)9-7-18;6-1-3-2-7-4(8-3)5(9)10;1-2(3)4/h4-6,14,16H,7-13,28H2,1-3H3,(H,29,30)(H,31,34);2H,(H,7,8)(H,9,10);1H3,(H,3,4). The summed E-state index contributed by atoms with van der Waals surface area (Å²) < 4.78 is 0. The number of nitrogens with one attached hydrogen (secondary N) is 3. The maximum absolute atomic E-state index is 12.8. The molecule has 0 saturated carbocycles. The minimum absolute atomic E-state index is 0.0771. The highest BCUT2D eigenvalue weighted by Gasteiger charge is 2.34. The third-order valence-corrected chi connectivity index (χ3v) is 8.07. The molecule has 48 heavy (non-hydrogen) atoms. The van der Waals surface area contributed by atoms with E-state index in [4.69, 9.17) is 31.3 Å². The van der Waals surface area contributed by atoms with E-state index in [9.17, 15) is 14.4 Å². The first-order chi connectivity index (χ1) is 22.6. The second kappa shape index (κ2) is 15.7. The molecule has 15 heteroatoms. The first-order valence-electron chi connectivity index (χ1n) is 15.1. The molecule has 7 N–H and O–H groups in total. The quantitative estimate of drug-likeness (QED) is 0.229. The van der Waals surface area contributed by atoms with Gasteiger partial charge in [0.1, 0.15) is 23.5 Å². The molecule has 0 bridgehead atoms. The van der Waals surface area contributed by atoms with Gasteiger partial charge in [-0.3, -0.25) is 14.4 Å². The Bertz CT molecular complexity index is 1780. The number of nitrogens with two attached hydrogens (primary N) is 1. The Morgan fingerprint density at radius 3 is 1.98 bits per heavy atom. The number of aromatic amines is 2. The van der Waals surface area contributed by atoms with E-state index in [0.717, 1.165) is 37.3 Å². The van der Waals surface area contributed by atoms with Crippen LogP contribution in [-0.4, -0.2) is 71.9 Å². The lowest BCUT2D eigenvalue weighted by Gasteiger charge is -2.39. The van der Waals surface area contributed by atoms with Gasteiger partial charge in [-0.1, -0.05) is 26.0 Å². The number of aliphatic carboxylic acids is 1. The van der Waals surface area contributed by atoms with Crippen molar-refractivity contribution in [2.45, 2.75) is 65.3 Å². The molecule has 3 heterocycles. The van der Waals surface area contributed by atoms with Crippen molar-refractivity contribution in [3.8, 4) is 12.1 Å². The molecular weight excluding hydrogens is 618 g/mol. The van der Waals surface area contributed by atoms with Crippen molar-refractivity contribution >= 4 is 35.0 Å². The lowest BCUT2D eigenvalue weighted by atomic mass is 9.75. The van der Waals surface area contributed by atoms with Gasteiger partial charge in [0.05, 0.1) is 12.4 Å². The third kappa shape index (κ3) is 9.85. The molecule has 1 aromatic carbocycles. The Morgan fingerprint density at radius 1 is 0.958 bits per heavy atom. The van der Waals surface area contributed by atoms with Gasteiger partial charge < -0.3 is 36.1 Å². The van der Waals surface area contributed by atoms with E-state index in [-0.39, 0.29) is 34.4 Å². The monoisotopic (exact) mass is 657 g/mol. The number of carboxylic acid groups (broad SMARTS) is 2. The smallest absolute Gasteiger partial charge is 0.371 e. The summed E-state index contributed by atoms with van der Waals surface area (Å²) in [7, 11) is 0. The molecule has 1 aliphatic heterocycles. The molecule has 0 spiro atoms. The maximum atomic E-state index is 12.8. The minimum Gasteiger partial charge on any atom is -0.481 e. The first-order valence-corrected chi connectivity index (χ1v) is 15.1. The summed E-state index contributed by atoms with van der Waals surface area (Å²) in [6.45, 7) is 8.47. The van der Waals surface area contributed by atoms with E-state index < -0.39 is 23.4 Å². The number of amides is 2. The van der Waals surface area contributed by atoms with Crippen molar-refractivity contribution in [2.75, 3.05) is 18.4 Å². The highest BCUT2D eigenvalue weighted by atomic mass is 16.4. The predicted molar refractivity (Wildman–Crippen MR) is 174 cm³/mol. The second-order valence-electron chi connectivity index (χ2n) is 12.3. The second-order valence-corrected chi connectivity index (χ2v) is 12.3. The number of anilines is 1. The maximum Gasteiger partial charge on any atom is 0.371 e. The zero-order chi connectivity index (χ0) is 35.6. The van der Waals surface area contributed by atoms with E-state index in [1.165, 1.54) is 18.0 Å². The molecule has 1 fully saturated rings. The molecule has 2 aromatic heterocycles. The molecule has 0 atom stereocenters. The van der Waals surface area contributed by atoms with Crippen LogP contribution in [0.5, 0.6) is 0 Å². The van der Waals surface area contributed by atoms with Crippen molar-refractivity contribution in [1.82, 2.24) is 24.8 Å². The van der Waals surface area contributed by atoms with Gasteiger partial charge in [0.25, 0.3) is 11.9 Å². The molecule has 0 radical (unpaired) electrons. The van der Waals surface area contributed by atoms with Crippen LogP contribution in [0.25, 0.3) is 5.57 Å². The molecule has 2 amide bonds. The number of imidazole rings is 2. The fourth-order valence-corrected chi connectivity index (χ4v) is 5.22. The molecular formula is C33H39N9O6. The zero-order valence-electron chi connectivity index (χ0n) is 27.3. The number of aromatic carboxylic acids is 1. The number of carbonyl (C=O) groups is 4. The minimum atomic E-state index is -1.17. The molecule has 0 unspecified atom stereocenters. The Labute approximate surface area is 277 Å². The fourth-order valence-electron chi connectivity index (χ4n) is 5.22. The Kier molecular flexibility index (Phi) is 12.0. The lowest BCUT2D eigenvalue weighted by molar-refractivity contribution is -0.134. The zero-order valence-corrected chi connectivity index (χ0v) is 27.3. The summed E-state index contributed by atoms with van der Waals surface area (Å²) in [4.78, 5) is 58.0. The largest absolute Gasteiger partial charge is 0.481 e. The molecule has 15 nitrogen and oxygen atoms in total. The van der Waals surface area contributed by atoms with E-state index in [1.54, 1.807) is 13.0 Å². The number of allylic oxidation sites excluding steroid dienone is 2. The van der Waals surface area contributed by atoms with Crippen molar-refractivity contribution in [2.24, 2.45) is 11.1 Å². The number of hydrogen-bond donors (Lipinski definition) is 6. The van der Waals surface area contributed by atoms with Crippen LogP contribution in [-0.2, 0) is 15.1 Å². The number of aromatic nitrogens is 4. The fraction of sp³-hybridized carbons (Fsp3) is 0.394. The number of hydrogen-bond acceptors (Lipinski definition) is 9. The van der Waals surface area contributed by atoms with Crippen LogP contribution in [0.1, 0.15) is 104 Å². The van der Waals surface area contributed by atoms with Crippen molar-refractivity contribution in [3.05, 3.63) is 70.8 Å². The van der Waals surface area contributed by atoms with E-state index in [0.29, 0.717) is 31.6 Å². The number of likely N-dealkylation sites (tertiary alicyclic amines) is 1. The molecule has 1 saturated heterocycles. The van der Waals surface area contributed by atoms with Gasteiger partial charge in [-0.25, -0.2) is 14.8 Å². The summed E-state index contributed by atoms with van der Waals surface area (Å²) >= 11 is 0. The number of carbonyl (C=O) groups excluding carboxylic acids is 2. The normalized spacial score (nSPS) is 15.9. The van der Waals surface area contributed by atoms with Crippen LogP contribution >= 0.6 is 0 Å². The average Bonchev–Trinajstić information content (AvgIpc) is 3.72. The number of H-pyrrole nitrogens is 2. The van der Waals surface area contributed by atoms with Crippen LogP contribution in [0.15, 0.2) is 36.7 Å². The Hall–Kier alpha value is -5.80. The van der Waals surface area contributed by atoms with Gasteiger partial charge in [-0.2, -0.15) is 10.5 Å². The Morgan fingerprint density at radius 2 is 1.52 bits per heavy atom. The predicted octanol–water partition coefficient (Wildman–Crippen LogP) is 3.99. The van der Waals surface area contributed by atoms with Gasteiger partial charge in [-0.05, 0) is 60.8 Å². The highest BCUT2D eigenvalue weighted by Crippen LogP contribution is 2.41. The number of nitrogens with zero attached hydrogens (tertiary/aromatic N) is 5. The van der Waals surface area contributed by atoms with Gasteiger partial charge in [0.15, 0.2) is 5.82 Å². The third-order valence-electron chi connectivity index (χ3n) is 8.07. The lowest BCUT2D eigenvalue weighted by Crippen LogP contribution is -2.49. The number of benzene rings is 1. The van der Waals surface area contributed by atoms with Crippen molar-refractivity contribution in [3.63, 3.8) is 0 Å². The van der Waals surface area contributed by atoms with Crippen LogP contribution in [0.3, 0.4) is 0 Å². The van der Waals surface area contributed by atoms with Crippen LogP contribution < -0.4 is 11.1 Å². The first kappa shape index (κ1) is 36.7. The number of carboxylic acids is 2. The van der Waals surface area contributed by atoms with Crippen LogP contribution in [0, 0.1) is 28.1 Å². The molecule has 1 aliphatic carbocycles. The van der Waals surface area contributed by atoms with Gasteiger partial charge >= 0.3 is 5.97 Å². The van der Waals surface area contributed by atoms with E-state index >= 15 is 0 Å². The highest BCUT2D eigenvalue weighted by molar-refractivity contribution is 6.03. The molecule has 2 aliphatic rings. The van der Waals surface area contributed by atoms with E-state index in [1.807, 2.05) is 23.1 Å². The number of piperidine rings is 1. The molecule has 5 rings (SSSR count). The van der Waals surface area contributed by atoms with Gasteiger partial charge in [-0.15, -0.1) is 0 Å². The molecule has 252 valence electrons. The van der Waals surface area contributed by atoms with Crippen molar-refractivity contribution in [1.29, 1.82) is 10.5 Å². The van der Waals surface area contributed by atoms with Crippen molar-refractivity contribution < 1.29 is 29.4 Å². The summed E-state index contributed by atoms with van der Waals surface area (Å²) in [5.41, 5.74) is 10.8. The summed E-state index contributed by atoms with van der Waals surface area (Å²) in [5, 5.41) is 35.9. The summed E-state index contributed by atoms with van der Waals surface area (Å²) in [6, 6.07) is 9.65. The van der Waals surface area contributed by atoms with E-state index in [2.05, 4.69) is 51.2 Å². The van der Waals surface area contributed by atoms with Gasteiger partial charge in [0.2, 0.25) is 11.7 Å². The summed E-state index contributed by atoms with van der Waals surface area (Å²) in [5.74, 6) is -2.44. The topological polar surface area (TPSA) is 255 Å². The average molecular weight is 658 g/mol. The van der Waals surface area contributed by atoms with Gasteiger partial charge in [0, 0.05) is 43.7 Å². The Balaban J connectivity index is 0.000000372. The van der Waals surface area contributed by atoms with Crippen LogP contribution in [0.4, 0.5) is 5.69 Å². The molecule has 3 aromatic rings. The number of rotatable bonds is 5. The summed E-state index contributed by atoms with van der Waals surface area (Å²) in [6.07, 6.45) is 9.08.